The highest BCUT2D eigenvalue weighted by Gasteiger charge is 2.32. The maximum Gasteiger partial charge on any atom is 0.373 e. The van der Waals surface area contributed by atoms with Gasteiger partial charge in [0.25, 0.3) is 0 Å². The Bertz CT molecular complexity index is 1150. The molecule has 2 radical (unpaired) electrons. The summed E-state index contributed by atoms with van der Waals surface area (Å²) in [6.45, 7) is 17.8. The zero-order chi connectivity index (χ0) is 33.5. The molecule has 1 unspecified atom stereocenters. The molecule has 2 amide bonds. The minimum absolute atomic E-state index is 0.000383. The first-order chi connectivity index (χ1) is 20.4. The molecule has 0 spiro atoms. The van der Waals surface area contributed by atoms with E-state index in [2.05, 4.69) is 31.4 Å². The molecular formula is C34H51ClN2O6Si. The van der Waals surface area contributed by atoms with Crippen molar-refractivity contribution in [3.05, 3.63) is 71.2 Å². The average molecular weight is 647 g/mol. The highest BCUT2D eigenvalue weighted by Crippen LogP contribution is 2.24. The van der Waals surface area contributed by atoms with Gasteiger partial charge in [-0.2, -0.15) is 0 Å². The molecule has 10 heteroatoms. The number of carbonyl (C=O) groups excluding carboxylic acids is 3. The summed E-state index contributed by atoms with van der Waals surface area (Å²) in [6.07, 6.45) is 17.3. The van der Waals surface area contributed by atoms with Crippen molar-refractivity contribution in [3.63, 3.8) is 0 Å². The van der Waals surface area contributed by atoms with Gasteiger partial charge in [0.2, 0.25) is 21.6 Å². The van der Waals surface area contributed by atoms with Gasteiger partial charge in [-0.15, -0.1) is 0 Å². The molecule has 244 valence electrons. The lowest BCUT2D eigenvalue weighted by Crippen LogP contribution is -2.52. The fourth-order valence-electron chi connectivity index (χ4n) is 4.02. The van der Waals surface area contributed by atoms with Crippen LogP contribution >= 0.6 is 11.6 Å². The fourth-order valence-corrected chi connectivity index (χ4v) is 4.82. The first-order valence-corrected chi connectivity index (χ1v) is 16.2. The van der Waals surface area contributed by atoms with Gasteiger partial charge in [0.1, 0.15) is 12.1 Å². The molecule has 0 saturated carbocycles. The molecule has 1 heterocycles. The van der Waals surface area contributed by atoms with Crippen molar-refractivity contribution in [2.45, 2.75) is 105 Å². The summed E-state index contributed by atoms with van der Waals surface area (Å²) in [5.41, 5.74) is 0.440. The van der Waals surface area contributed by atoms with Crippen LogP contribution in [-0.2, 0) is 28.3 Å². The third-order valence-electron chi connectivity index (χ3n) is 6.40. The lowest BCUT2D eigenvalue weighted by Gasteiger charge is -2.29. The number of halogens is 1. The van der Waals surface area contributed by atoms with Crippen LogP contribution in [0.5, 0.6) is 0 Å². The van der Waals surface area contributed by atoms with Gasteiger partial charge in [0.15, 0.2) is 5.76 Å². The van der Waals surface area contributed by atoms with Crippen molar-refractivity contribution in [1.82, 2.24) is 10.6 Å². The summed E-state index contributed by atoms with van der Waals surface area (Å²) in [6, 6.07) is -0.752. The Hall–Kier alpha value is -2.88. The highest BCUT2D eigenvalue weighted by atomic mass is 35.5. The SMILES string of the molecule is COC1=CCC([C@@H](C)/C=C(C)/C=C/C=C/C(=O)N[C@H](C(=O)N/C=C\C[C@H](C/C=C(\C)Cl)O[Si]C(C)(C)C)C(C)(C)C)OC1=O. The van der Waals surface area contributed by atoms with Crippen LogP contribution < -0.4 is 10.6 Å². The molecule has 1 rings (SSSR count). The first kappa shape index (κ1) is 39.1. The molecule has 0 aromatic carbocycles. The molecule has 1 aliphatic rings. The van der Waals surface area contributed by atoms with E-state index in [0.29, 0.717) is 34.1 Å². The minimum Gasteiger partial charge on any atom is -0.490 e. The Morgan fingerprint density at radius 2 is 1.80 bits per heavy atom. The summed E-state index contributed by atoms with van der Waals surface area (Å²) >= 11 is 6.01. The molecule has 0 aromatic heterocycles. The molecule has 0 saturated heterocycles. The van der Waals surface area contributed by atoms with E-state index < -0.39 is 17.4 Å². The molecule has 4 atom stereocenters. The average Bonchev–Trinajstić information content (AvgIpc) is 2.91. The van der Waals surface area contributed by atoms with Gasteiger partial charge in [0, 0.05) is 23.4 Å². The number of nitrogens with one attached hydrogen (secondary N) is 2. The molecular weight excluding hydrogens is 596 g/mol. The molecule has 0 fully saturated rings. The molecule has 0 bridgehead atoms. The topological polar surface area (TPSA) is 103 Å². The predicted molar refractivity (Wildman–Crippen MR) is 179 cm³/mol. The number of cyclic esters (lactones) is 1. The summed E-state index contributed by atoms with van der Waals surface area (Å²) in [5, 5.41) is 6.41. The van der Waals surface area contributed by atoms with Crippen LogP contribution in [0.1, 0.15) is 81.6 Å². The Morgan fingerprint density at radius 1 is 1.14 bits per heavy atom. The quantitative estimate of drug-likeness (QED) is 0.0875. The lowest BCUT2D eigenvalue weighted by molar-refractivity contribution is -0.151. The Balaban J connectivity index is 2.72. The second-order valence-corrected chi connectivity index (χ2v) is 15.5. The van der Waals surface area contributed by atoms with Crippen LogP contribution in [0.3, 0.4) is 0 Å². The van der Waals surface area contributed by atoms with Gasteiger partial charge in [-0.1, -0.05) is 102 Å². The van der Waals surface area contributed by atoms with Crippen LogP contribution in [-0.4, -0.2) is 52.9 Å². The number of allylic oxidation sites excluding steroid dienone is 5. The van der Waals surface area contributed by atoms with E-state index in [1.54, 1.807) is 24.4 Å². The van der Waals surface area contributed by atoms with Crippen LogP contribution in [0.15, 0.2) is 71.2 Å². The maximum atomic E-state index is 13.0. The third-order valence-corrected chi connectivity index (χ3v) is 7.61. The Morgan fingerprint density at radius 3 is 2.36 bits per heavy atom. The summed E-state index contributed by atoms with van der Waals surface area (Å²) in [5.74, 6) is -0.902. The zero-order valence-electron chi connectivity index (χ0n) is 28.0. The molecule has 1 aliphatic heterocycles. The zero-order valence-corrected chi connectivity index (χ0v) is 29.7. The molecule has 8 nitrogen and oxygen atoms in total. The van der Waals surface area contributed by atoms with Crippen LogP contribution in [0, 0.1) is 11.3 Å². The van der Waals surface area contributed by atoms with E-state index in [-0.39, 0.29) is 40.7 Å². The second-order valence-electron chi connectivity index (χ2n) is 13.0. The summed E-state index contributed by atoms with van der Waals surface area (Å²) < 4.78 is 16.6. The van der Waals surface area contributed by atoms with Crippen molar-refractivity contribution in [1.29, 1.82) is 0 Å². The van der Waals surface area contributed by atoms with E-state index in [1.807, 2.05) is 65.8 Å². The van der Waals surface area contributed by atoms with Gasteiger partial charge < -0.3 is 24.5 Å². The number of rotatable bonds is 15. The van der Waals surface area contributed by atoms with Crippen LogP contribution in [0.4, 0.5) is 0 Å². The monoisotopic (exact) mass is 646 g/mol. The van der Waals surface area contributed by atoms with Crippen LogP contribution in [0.2, 0.25) is 5.04 Å². The van der Waals surface area contributed by atoms with Crippen molar-refractivity contribution >= 4 is 39.1 Å². The Kier molecular flexibility index (Phi) is 16.7. The molecule has 2 N–H and O–H groups in total. The Labute approximate surface area is 272 Å². The number of methoxy groups -OCH3 is 1. The number of carbonyl (C=O) groups is 3. The number of esters is 1. The molecule has 0 aliphatic carbocycles. The van der Waals surface area contributed by atoms with Crippen molar-refractivity contribution in [2.24, 2.45) is 11.3 Å². The summed E-state index contributed by atoms with van der Waals surface area (Å²) in [7, 11) is 1.78. The number of hydrogen-bond acceptors (Lipinski definition) is 6. The van der Waals surface area contributed by atoms with Crippen molar-refractivity contribution < 1.29 is 28.3 Å². The van der Waals surface area contributed by atoms with E-state index in [4.69, 9.17) is 25.5 Å². The van der Waals surface area contributed by atoms with Crippen molar-refractivity contribution in [3.8, 4) is 0 Å². The molecule has 0 aromatic rings. The standard InChI is InChI=1S/C34H51ClN2O6Si/c1-23(22-24(2)27-19-20-28(41-10)32(40)42-27)14-11-12-16-29(38)37-30(33(4,5)6)31(39)36-21-13-15-26(18-17-25(3)35)43-44-34(7,8)9/h11-14,16-17,20-22,24,26-27,30H,15,18-19H2,1-10H3,(H,36,39)(H,37,38)/b14-11+,16-12+,21-13-,23-22+,25-17+/t24-,26+,27?,30+/m0/s1. The largest absolute Gasteiger partial charge is 0.490 e. The maximum absolute atomic E-state index is 13.0. The van der Waals surface area contributed by atoms with Gasteiger partial charge in [0.05, 0.1) is 13.2 Å². The predicted octanol–water partition coefficient (Wildman–Crippen LogP) is 6.83. The van der Waals surface area contributed by atoms with E-state index in [1.165, 1.54) is 13.2 Å². The minimum atomic E-state index is -0.752. The number of ether oxygens (including phenoxy) is 2. The van der Waals surface area contributed by atoms with Gasteiger partial charge in [-0.05, 0) is 49.4 Å². The van der Waals surface area contributed by atoms with Crippen molar-refractivity contribution in [2.75, 3.05) is 7.11 Å². The highest BCUT2D eigenvalue weighted by molar-refractivity contribution is 6.31. The number of hydrogen-bond donors (Lipinski definition) is 2. The van der Waals surface area contributed by atoms with Gasteiger partial charge in [-0.3, -0.25) is 9.59 Å². The van der Waals surface area contributed by atoms with E-state index in [0.717, 1.165) is 5.57 Å². The fraction of sp³-hybridized carbons (Fsp3) is 0.559. The normalized spacial score (nSPS) is 19.1. The summed E-state index contributed by atoms with van der Waals surface area (Å²) in [4.78, 5) is 37.6. The number of amides is 2. The second kappa shape index (κ2) is 18.8. The third kappa shape index (κ3) is 16.3. The van der Waals surface area contributed by atoms with Crippen LogP contribution in [0.25, 0.3) is 0 Å². The smallest absolute Gasteiger partial charge is 0.373 e. The van der Waals surface area contributed by atoms with E-state index >= 15 is 0 Å². The molecule has 44 heavy (non-hydrogen) atoms. The van der Waals surface area contributed by atoms with Gasteiger partial charge >= 0.3 is 5.97 Å². The first-order valence-electron chi connectivity index (χ1n) is 14.9. The van der Waals surface area contributed by atoms with E-state index in [9.17, 15) is 14.4 Å². The lowest BCUT2D eigenvalue weighted by atomic mass is 9.86. The van der Waals surface area contributed by atoms with Gasteiger partial charge in [-0.25, -0.2) is 4.79 Å².